The van der Waals surface area contributed by atoms with Gasteiger partial charge in [0, 0.05) is 7.05 Å². The minimum atomic E-state index is -0.414. The van der Waals surface area contributed by atoms with Gasteiger partial charge in [0.1, 0.15) is 17.2 Å². The summed E-state index contributed by atoms with van der Waals surface area (Å²) < 4.78 is 9.40. The molecule has 102 valence electrons. The Balaban J connectivity index is 2.09. The summed E-state index contributed by atoms with van der Waals surface area (Å²) >= 11 is 1.23. The number of carbonyl (C=O) groups excluding carboxylic acids is 1. The van der Waals surface area contributed by atoms with Crippen LogP contribution in [0.2, 0.25) is 0 Å². The summed E-state index contributed by atoms with van der Waals surface area (Å²) in [4.78, 5) is 12.1. The number of hydrogen-bond donors (Lipinski definition) is 1. The van der Waals surface area contributed by atoms with E-state index in [0.29, 0.717) is 21.8 Å². The van der Waals surface area contributed by atoms with Crippen molar-refractivity contribution in [2.45, 2.75) is 13.5 Å². The van der Waals surface area contributed by atoms with E-state index in [-0.39, 0.29) is 6.61 Å². The van der Waals surface area contributed by atoms with E-state index >= 15 is 0 Å². The lowest BCUT2D eigenvalue weighted by Crippen LogP contribution is -2.08. The molecule has 20 heavy (non-hydrogen) atoms. The van der Waals surface area contributed by atoms with Crippen LogP contribution in [0.5, 0.6) is 0 Å². The summed E-state index contributed by atoms with van der Waals surface area (Å²) in [6, 6.07) is 9.03. The normalized spacial score (nSPS) is 9.85. The van der Waals surface area contributed by atoms with Crippen molar-refractivity contribution in [3.05, 3.63) is 46.6 Å². The Morgan fingerprint density at radius 2 is 2.35 bits per heavy atom. The molecule has 0 saturated heterocycles. The summed E-state index contributed by atoms with van der Waals surface area (Å²) in [6.07, 6.45) is 0. The molecule has 0 unspecified atom stereocenters. The summed E-state index contributed by atoms with van der Waals surface area (Å²) in [7, 11) is 1.74. The average Bonchev–Trinajstić information content (AvgIpc) is 2.86. The quantitative estimate of drug-likeness (QED) is 0.875. The fourth-order valence-electron chi connectivity index (χ4n) is 1.73. The smallest absolute Gasteiger partial charge is 0.343 e. The molecule has 0 radical (unpaired) electrons. The van der Waals surface area contributed by atoms with Crippen molar-refractivity contribution >= 4 is 22.5 Å². The number of esters is 1. The van der Waals surface area contributed by atoms with Crippen LogP contribution in [0.15, 0.2) is 24.3 Å². The minimum absolute atomic E-state index is 0.132. The zero-order chi connectivity index (χ0) is 14.5. The second-order valence-electron chi connectivity index (χ2n) is 4.11. The molecule has 0 aliphatic heterocycles. The van der Waals surface area contributed by atoms with Gasteiger partial charge in [-0.15, -0.1) is 0 Å². The number of benzene rings is 1. The van der Waals surface area contributed by atoms with Crippen LogP contribution < -0.4 is 5.32 Å². The van der Waals surface area contributed by atoms with Crippen LogP contribution >= 0.6 is 11.5 Å². The number of carbonyl (C=O) groups is 1. The third-order valence-electron chi connectivity index (χ3n) is 2.72. The maximum absolute atomic E-state index is 12.1. The number of nitrogens with one attached hydrogen (secondary N) is 1. The molecule has 6 heteroatoms. The van der Waals surface area contributed by atoms with Crippen molar-refractivity contribution in [3.8, 4) is 6.07 Å². The van der Waals surface area contributed by atoms with Crippen molar-refractivity contribution in [1.29, 1.82) is 5.26 Å². The van der Waals surface area contributed by atoms with Crippen molar-refractivity contribution in [2.24, 2.45) is 0 Å². The lowest BCUT2D eigenvalue weighted by Gasteiger charge is -2.06. The predicted molar refractivity (Wildman–Crippen MR) is 76.7 cm³/mol. The van der Waals surface area contributed by atoms with Crippen LogP contribution in [0.25, 0.3) is 0 Å². The topological polar surface area (TPSA) is 75.0 Å². The van der Waals surface area contributed by atoms with Crippen LogP contribution in [0.3, 0.4) is 0 Å². The number of ether oxygens (including phenoxy) is 1. The monoisotopic (exact) mass is 287 g/mol. The first-order chi connectivity index (χ1) is 9.65. The molecule has 5 nitrogen and oxygen atoms in total. The largest absolute Gasteiger partial charge is 0.457 e. The molecule has 2 aromatic rings. The van der Waals surface area contributed by atoms with Gasteiger partial charge in [0.2, 0.25) is 0 Å². The van der Waals surface area contributed by atoms with Gasteiger partial charge in [-0.05, 0) is 36.2 Å². The number of aromatic nitrogens is 1. The van der Waals surface area contributed by atoms with E-state index in [0.717, 1.165) is 5.56 Å². The van der Waals surface area contributed by atoms with E-state index < -0.39 is 5.97 Å². The maximum atomic E-state index is 12.1. The van der Waals surface area contributed by atoms with Gasteiger partial charge in [-0.25, -0.2) is 4.79 Å². The molecule has 1 heterocycles. The van der Waals surface area contributed by atoms with Crippen LogP contribution in [-0.2, 0) is 11.3 Å². The van der Waals surface area contributed by atoms with Crippen molar-refractivity contribution in [3.63, 3.8) is 0 Å². The summed E-state index contributed by atoms with van der Waals surface area (Å²) in [5, 5.41) is 12.4. The second-order valence-corrected chi connectivity index (χ2v) is 4.88. The highest BCUT2D eigenvalue weighted by atomic mass is 32.1. The molecule has 0 bridgehead atoms. The molecule has 0 amide bonds. The van der Waals surface area contributed by atoms with Crippen molar-refractivity contribution < 1.29 is 9.53 Å². The highest BCUT2D eigenvalue weighted by Crippen LogP contribution is 2.24. The van der Waals surface area contributed by atoms with Gasteiger partial charge < -0.3 is 10.1 Å². The van der Waals surface area contributed by atoms with Gasteiger partial charge in [-0.3, -0.25) is 0 Å². The number of nitrogens with zero attached hydrogens (tertiary/aromatic N) is 2. The first kappa shape index (κ1) is 14.0. The van der Waals surface area contributed by atoms with E-state index in [4.69, 9.17) is 10.00 Å². The molecule has 1 aromatic heterocycles. The Hall–Kier alpha value is -2.39. The molecule has 1 N–H and O–H groups in total. The number of nitriles is 1. The third-order valence-corrected chi connectivity index (χ3v) is 3.68. The Kier molecular flexibility index (Phi) is 4.33. The first-order valence-corrected chi connectivity index (χ1v) is 6.73. The molecule has 2 rings (SSSR count). The highest BCUT2D eigenvalue weighted by Gasteiger charge is 2.19. The molecule has 0 aliphatic carbocycles. The molecule has 0 fully saturated rings. The molecular weight excluding hydrogens is 274 g/mol. The van der Waals surface area contributed by atoms with Crippen LogP contribution in [0.1, 0.15) is 27.2 Å². The Morgan fingerprint density at radius 3 is 3.05 bits per heavy atom. The van der Waals surface area contributed by atoms with Gasteiger partial charge in [0.25, 0.3) is 0 Å². The zero-order valence-corrected chi connectivity index (χ0v) is 12.0. The maximum Gasteiger partial charge on any atom is 0.343 e. The fraction of sp³-hybridized carbons (Fsp3) is 0.214. The molecule has 0 atom stereocenters. The molecule has 1 aromatic carbocycles. The van der Waals surface area contributed by atoms with Gasteiger partial charge >= 0.3 is 5.97 Å². The van der Waals surface area contributed by atoms with Gasteiger partial charge in [0.15, 0.2) is 0 Å². The molecular formula is C14H13N3O2S. The van der Waals surface area contributed by atoms with Crippen LogP contribution in [0, 0.1) is 18.3 Å². The SMILES string of the molecule is CNc1snc(C)c1C(=O)OCc1cccc(C#N)c1. The minimum Gasteiger partial charge on any atom is -0.457 e. The second kappa shape index (κ2) is 6.17. The fourth-order valence-corrected chi connectivity index (χ4v) is 2.47. The summed E-state index contributed by atoms with van der Waals surface area (Å²) in [5.41, 5.74) is 2.44. The Morgan fingerprint density at radius 1 is 1.55 bits per heavy atom. The zero-order valence-electron chi connectivity index (χ0n) is 11.1. The lowest BCUT2D eigenvalue weighted by atomic mass is 10.1. The summed E-state index contributed by atoms with van der Waals surface area (Å²) in [5.74, 6) is -0.414. The molecule has 0 spiro atoms. The third kappa shape index (κ3) is 2.95. The average molecular weight is 287 g/mol. The van der Waals surface area contributed by atoms with E-state index in [1.807, 2.05) is 6.07 Å². The van der Waals surface area contributed by atoms with Gasteiger partial charge in [-0.2, -0.15) is 9.64 Å². The van der Waals surface area contributed by atoms with Crippen LogP contribution in [0.4, 0.5) is 5.00 Å². The van der Waals surface area contributed by atoms with E-state index in [1.165, 1.54) is 11.5 Å². The predicted octanol–water partition coefficient (Wildman–Crippen LogP) is 2.72. The number of hydrogen-bond acceptors (Lipinski definition) is 6. The van der Waals surface area contributed by atoms with Crippen molar-refractivity contribution in [2.75, 3.05) is 12.4 Å². The molecule has 0 saturated carbocycles. The van der Waals surface area contributed by atoms with Crippen molar-refractivity contribution in [1.82, 2.24) is 4.37 Å². The number of anilines is 1. The number of aryl methyl sites for hydroxylation is 1. The molecule has 0 aliphatic rings. The lowest BCUT2D eigenvalue weighted by molar-refractivity contribution is 0.0473. The summed E-state index contributed by atoms with van der Waals surface area (Å²) in [6.45, 7) is 1.90. The van der Waals surface area contributed by atoms with E-state index in [1.54, 1.807) is 32.2 Å². The Bertz CT molecular complexity index is 673. The van der Waals surface area contributed by atoms with Gasteiger partial charge in [0.05, 0.1) is 17.3 Å². The Labute approximate surface area is 121 Å². The van der Waals surface area contributed by atoms with Gasteiger partial charge in [-0.1, -0.05) is 12.1 Å². The first-order valence-electron chi connectivity index (χ1n) is 5.96. The number of rotatable bonds is 4. The van der Waals surface area contributed by atoms with E-state index in [2.05, 4.69) is 15.8 Å². The van der Waals surface area contributed by atoms with Crippen LogP contribution in [-0.4, -0.2) is 17.4 Å². The van der Waals surface area contributed by atoms with E-state index in [9.17, 15) is 4.79 Å². The highest BCUT2D eigenvalue weighted by molar-refractivity contribution is 7.10. The standard InChI is InChI=1S/C14H13N3O2S/c1-9-12(13(16-2)20-17-9)14(18)19-8-11-5-3-4-10(6-11)7-15/h3-6,16H,8H2,1-2H3.